The molecule has 7 heavy (non-hydrogen) atoms. The summed E-state index contributed by atoms with van der Waals surface area (Å²) in [5.74, 6) is 0. The van der Waals surface area contributed by atoms with Crippen LogP contribution >= 0.6 is 0 Å². The SMILES string of the molecule is [In+3].[In+3].[O-2].[O-2].[O-2].[O]=[Mg]. The zero-order chi connectivity index (χ0) is 2.00. The van der Waals surface area contributed by atoms with Gasteiger partial charge in [-0.05, 0) is 0 Å². The van der Waals surface area contributed by atoms with Gasteiger partial charge in [-0.2, -0.15) is 0 Å². The Morgan fingerprint density at radius 3 is 0.714 bits per heavy atom. The average molecular weight is 318 g/mol. The zero-order valence-corrected chi connectivity index (χ0v) is 11.5. The van der Waals surface area contributed by atoms with Crippen LogP contribution in [0.4, 0.5) is 0 Å². The van der Waals surface area contributed by atoms with Gasteiger partial charge in [0.2, 0.25) is 0 Å². The van der Waals surface area contributed by atoms with E-state index in [0.717, 1.165) is 0 Å². The van der Waals surface area contributed by atoms with Crippen LogP contribution in [0.15, 0.2) is 0 Å². The molecule has 0 aromatic heterocycles. The molecule has 0 aliphatic heterocycles. The van der Waals surface area contributed by atoms with E-state index < -0.39 is 0 Å². The van der Waals surface area contributed by atoms with Crippen molar-refractivity contribution in [2.75, 3.05) is 0 Å². The standard InChI is InChI=1S/2In.Mg.4O/q2*+3;;;3*-2. The van der Waals surface area contributed by atoms with Gasteiger partial charge in [0.05, 0.1) is 0 Å². The predicted octanol–water partition coefficient (Wildman–Crippen LogP) is -1.62. The number of hydrogen-bond donors (Lipinski definition) is 0. The third-order valence-corrected chi connectivity index (χ3v) is 0. The Bertz CT molecular complexity index is 9.65. The zero-order valence-electron chi connectivity index (χ0n) is 3.49. The van der Waals surface area contributed by atoms with Gasteiger partial charge in [0.1, 0.15) is 0 Å². The molecule has 0 atom stereocenters. The third-order valence-electron chi connectivity index (χ3n) is 0. The van der Waals surface area contributed by atoms with E-state index in [4.69, 9.17) is 3.17 Å². The Kier molecular flexibility index (Phi) is 766. The van der Waals surface area contributed by atoms with Crippen LogP contribution in [0.2, 0.25) is 0 Å². The fraction of sp³-hybridized carbons (Fsp3) is 0. The fourth-order valence-corrected chi connectivity index (χ4v) is 0. The molecule has 0 aromatic rings. The topological polar surface area (TPSA) is 103 Å². The molecule has 0 bridgehead atoms. The molecule has 0 rings (SSSR count). The third kappa shape index (κ3) is 65.5. The summed E-state index contributed by atoms with van der Waals surface area (Å²) in [4.78, 5) is 0. The van der Waals surface area contributed by atoms with Crippen LogP contribution < -0.4 is 0 Å². The summed E-state index contributed by atoms with van der Waals surface area (Å²) in [6.07, 6.45) is 0. The van der Waals surface area contributed by atoms with Crippen molar-refractivity contribution < 1.29 is 19.6 Å². The van der Waals surface area contributed by atoms with Crippen LogP contribution in [-0.4, -0.2) is 73.4 Å². The molecule has 0 unspecified atom stereocenters. The molecule has 0 fully saturated rings. The molecule has 0 radical (unpaired) electrons. The molecule has 7 heteroatoms. The summed E-state index contributed by atoms with van der Waals surface area (Å²) >= 11 is 0.611. The van der Waals surface area contributed by atoms with Crippen LogP contribution in [0.5, 0.6) is 0 Å². The molecule has 0 aromatic carbocycles. The molecule has 0 amide bonds. The molecule has 0 N–H and O–H groups in total. The normalized spacial score (nSPS) is 0.857. The van der Waals surface area contributed by atoms with Crippen molar-refractivity contribution in [2.24, 2.45) is 0 Å². The molecular weight excluding hydrogens is 318 g/mol. The maximum absolute atomic E-state index is 8.28. The predicted molar refractivity (Wildman–Crippen MR) is 20.0 cm³/mol. The van der Waals surface area contributed by atoms with E-state index in [2.05, 4.69) is 0 Å². The van der Waals surface area contributed by atoms with Gasteiger partial charge in [-0.15, -0.1) is 0 Å². The minimum absolute atomic E-state index is 0. The van der Waals surface area contributed by atoms with Crippen molar-refractivity contribution in [3.8, 4) is 0 Å². The van der Waals surface area contributed by atoms with Crippen molar-refractivity contribution in [1.82, 2.24) is 0 Å². The molecule has 0 saturated carbocycles. The van der Waals surface area contributed by atoms with Gasteiger partial charge in [0.15, 0.2) is 0 Å². The fourth-order valence-electron chi connectivity index (χ4n) is 0. The summed E-state index contributed by atoms with van der Waals surface area (Å²) in [5.41, 5.74) is 0. The number of hydrogen-bond acceptors (Lipinski definition) is 1. The first-order valence-electron chi connectivity index (χ1n) is 0.289. The first kappa shape index (κ1) is 60.6. The van der Waals surface area contributed by atoms with Crippen molar-refractivity contribution in [3.05, 3.63) is 0 Å². The first-order valence-corrected chi connectivity index (χ1v) is 0.866. The van der Waals surface area contributed by atoms with E-state index in [-0.39, 0.29) is 68.1 Å². The Morgan fingerprint density at radius 1 is 0.714 bits per heavy atom. The van der Waals surface area contributed by atoms with E-state index in [1.165, 1.54) is 0 Å². The summed E-state index contributed by atoms with van der Waals surface area (Å²) < 4.78 is 8.28. The van der Waals surface area contributed by atoms with Crippen molar-refractivity contribution in [1.29, 1.82) is 0 Å². The van der Waals surface area contributed by atoms with E-state index in [0.29, 0.717) is 21.7 Å². The van der Waals surface area contributed by atoms with Gasteiger partial charge in [-0.25, -0.2) is 0 Å². The molecule has 0 spiro atoms. The van der Waals surface area contributed by atoms with Crippen LogP contribution in [0, 0.1) is 0 Å². The Morgan fingerprint density at radius 2 is 0.714 bits per heavy atom. The first-order chi connectivity index (χ1) is 1.00. The molecular formula is In2MgO4. The summed E-state index contributed by atoms with van der Waals surface area (Å²) in [5, 5.41) is 0. The summed E-state index contributed by atoms with van der Waals surface area (Å²) in [6.45, 7) is 0. The summed E-state index contributed by atoms with van der Waals surface area (Å²) in [7, 11) is 0. The van der Waals surface area contributed by atoms with Crippen molar-refractivity contribution in [2.45, 2.75) is 0 Å². The van der Waals surface area contributed by atoms with Crippen LogP contribution in [0.1, 0.15) is 0 Å². The van der Waals surface area contributed by atoms with Gasteiger partial charge < -0.3 is 16.4 Å². The maximum atomic E-state index is 8.28. The Labute approximate surface area is 91.7 Å². The van der Waals surface area contributed by atoms with E-state index in [1.54, 1.807) is 0 Å². The monoisotopic (exact) mass is 318 g/mol. The molecule has 0 aliphatic carbocycles. The molecule has 0 heterocycles. The van der Waals surface area contributed by atoms with Gasteiger partial charge in [0, 0.05) is 0 Å². The second kappa shape index (κ2) is 88.4. The van der Waals surface area contributed by atoms with E-state index >= 15 is 0 Å². The van der Waals surface area contributed by atoms with Gasteiger partial charge >= 0.3 is 76.5 Å². The summed E-state index contributed by atoms with van der Waals surface area (Å²) in [6, 6.07) is 0. The number of rotatable bonds is 0. The molecule has 0 saturated heterocycles. The quantitative estimate of drug-likeness (QED) is 0.493. The van der Waals surface area contributed by atoms with Gasteiger partial charge in [-0.1, -0.05) is 0 Å². The van der Waals surface area contributed by atoms with E-state index in [9.17, 15) is 0 Å². The average Bonchev–Trinajstić information content (AvgIpc) is 1.00. The van der Waals surface area contributed by atoms with E-state index in [1.807, 2.05) is 0 Å². The second-order valence-corrected chi connectivity index (χ2v) is 0. The minimum atomic E-state index is 0. The molecule has 0 aliphatic rings. The van der Waals surface area contributed by atoms with Crippen molar-refractivity contribution >= 4 is 73.4 Å². The van der Waals surface area contributed by atoms with Crippen LogP contribution in [-0.2, 0) is 19.6 Å². The van der Waals surface area contributed by atoms with Gasteiger partial charge in [-0.3, -0.25) is 0 Å². The van der Waals surface area contributed by atoms with Crippen LogP contribution in [0.3, 0.4) is 0 Å². The Hall–Kier alpha value is 2.19. The molecule has 4 nitrogen and oxygen atoms in total. The van der Waals surface area contributed by atoms with Crippen LogP contribution in [0.25, 0.3) is 0 Å². The van der Waals surface area contributed by atoms with Crippen molar-refractivity contribution in [3.63, 3.8) is 0 Å². The van der Waals surface area contributed by atoms with Gasteiger partial charge in [0.25, 0.3) is 0 Å². The molecule has 32 valence electrons. The second-order valence-electron chi connectivity index (χ2n) is 0. The Balaban J connectivity index is -0.000000000500.